The normalized spacial score (nSPS) is 11.5. The fraction of sp³-hybridized carbons (Fsp3) is 0.278. The first-order valence-corrected chi connectivity index (χ1v) is 8.53. The average Bonchev–Trinajstić information content (AvgIpc) is 2.54. The Balaban J connectivity index is 2.11. The predicted octanol–water partition coefficient (Wildman–Crippen LogP) is 3.29. The van der Waals surface area contributed by atoms with Gasteiger partial charge >= 0.3 is 0 Å². The van der Waals surface area contributed by atoms with Gasteiger partial charge in [0.25, 0.3) is 0 Å². The molecule has 0 saturated heterocycles. The molecule has 0 bridgehead atoms. The summed E-state index contributed by atoms with van der Waals surface area (Å²) in [5.74, 6) is 0.324. The minimum Gasteiger partial charge on any atom is -0.325 e. The molecule has 0 aliphatic rings. The molecular formula is C18H18N4O2S. The molecule has 2 rings (SSSR count). The van der Waals surface area contributed by atoms with Crippen molar-refractivity contribution in [2.75, 3.05) is 5.32 Å². The average molecular weight is 354 g/mol. The summed E-state index contributed by atoms with van der Waals surface area (Å²) in [6.45, 7) is 6.74. The van der Waals surface area contributed by atoms with Crippen LogP contribution in [0.3, 0.4) is 0 Å². The lowest BCUT2D eigenvalue weighted by atomic mass is 10.1. The number of aromatic nitrogens is 2. The number of nitriles is 1. The summed E-state index contributed by atoms with van der Waals surface area (Å²) in [5.41, 5.74) is 2.19. The summed E-state index contributed by atoms with van der Waals surface area (Å²) in [4.78, 5) is 32.1. The SMILES string of the molecule is CC(=O)c1ccc(NC(=O)C(C)Sc2nc(C)nc(C)c2C#N)cc1. The molecule has 128 valence electrons. The summed E-state index contributed by atoms with van der Waals surface area (Å²) in [5, 5.41) is 12.1. The summed E-state index contributed by atoms with van der Waals surface area (Å²) in [6.07, 6.45) is 0. The summed E-state index contributed by atoms with van der Waals surface area (Å²) in [6, 6.07) is 8.80. The molecule has 7 heteroatoms. The third kappa shape index (κ3) is 4.64. The van der Waals surface area contributed by atoms with Gasteiger partial charge < -0.3 is 5.32 Å². The highest BCUT2D eigenvalue weighted by Gasteiger charge is 2.19. The number of carbonyl (C=O) groups excluding carboxylic acids is 2. The van der Waals surface area contributed by atoms with Crippen molar-refractivity contribution >= 4 is 29.1 Å². The highest BCUT2D eigenvalue weighted by atomic mass is 32.2. The van der Waals surface area contributed by atoms with E-state index in [1.165, 1.54) is 18.7 Å². The Morgan fingerprint density at radius 1 is 1.20 bits per heavy atom. The van der Waals surface area contributed by atoms with Gasteiger partial charge in [-0.3, -0.25) is 9.59 Å². The summed E-state index contributed by atoms with van der Waals surface area (Å²) in [7, 11) is 0. The van der Waals surface area contributed by atoms with Crippen molar-refractivity contribution in [3.63, 3.8) is 0 Å². The van der Waals surface area contributed by atoms with E-state index in [0.29, 0.717) is 33.4 Å². The lowest BCUT2D eigenvalue weighted by Gasteiger charge is -2.13. The van der Waals surface area contributed by atoms with Gasteiger partial charge in [-0.15, -0.1) is 0 Å². The Morgan fingerprint density at radius 3 is 2.40 bits per heavy atom. The van der Waals surface area contributed by atoms with Crippen LogP contribution in [-0.2, 0) is 4.79 Å². The second-order valence-electron chi connectivity index (χ2n) is 5.53. The van der Waals surface area contributed by atoms with Gasteiger partial charge in [0, 0.05) is 11.3 Å². The van der Waals surface area contributed by atoms with Gasteiger partial charge in [-0.25, -0.2) is 9.97 Å². The lowest BCUT2D eigenvalue weighted by Crippen LogP contribution is -2.22. The van der Waals surface area contributed by atoms with Gasteiger partial charge in [-0.1, -0.05) is 11.8 Å². The largest absolute Gasteiger partial charge is 0.325 e. The van der Waals surface area contributed by atoms with E-state index >= 15 is 0 Å². The number of benzene rings is 1. The third-order valence-electron chi connectivity index (χ3n) is 3.50. The molecular weight excluding hydrogens is 336 g/mol. The zero-order valence-corrected chi connectivity index (χ0v) is 15.3. The lowest BCUT2D eigenvalue weighted by molar-refractivity contribution is -0.115. The maximum atomic E-state index is 12.4. The van der Waals surface area contributed by atoms with Crippen LogP contribution in [0.1, 0.15) is 41.3 Å². The maximum Gasteiger partial charge on any atom is 0.237 e. The van der Waals surface area contributed by atoms with Crippen molar-refractivity contribution in [2.24, 2.45) is 0 Å². The van der Waals surface area contributed by atoms with E-state index in [9.17, 15) is 14.9 Å². The maximum absolute atomic E-state index is 12.4. The molecule has 1 unspecified atom stereocenters. The minimum absolute atomic E-state index is 0.0275. The Bertz CT molecular complexity index is 857. The number of rotatable bonds is 5. The number of amides is 1. The molecule has 1 heterocycles. The van der Waals surface area contributed by atoms with Gasteiger partial charge in [0.15, 0.2) is 5.78 Å². The number of nitrogens with zero attached hydrogens (tertiary/aromatic N) is 3. The molecule has 6 nitrogen and oxygen atoms in total. The molecule has 1 N–H and O–H groups in total. The van der Waals surface area contributed by atoms with Gasteiger partial charge in [0.05, 0.1) is 10.9 Å². The van der Waals surface area contributed by atoms with E-state index in [1.807, 2.05) is 0 Å². The van der Waals surface area contributed by atoms with E-state index < -0.39 is 5.25 Å². The predicted molar refractivity (Wildman–Crippen MR) is 96.6 cm³/mol. The first kappa shape index (κ1) is 18.6. The zero-order valence-electron chi connectivity index (χ0n) is 14.5. The van der Waals surface area contributed by atoms with Crippen LogP contribution in [0.4, 0.5) is 5.69 Å². The quantitative estimate of drug-likeness (QED) is 0.503. The van der Waals surface area contributed by atoms with Crippen LogP contribution in [0.5, 0.6) is 0 Å². The first-order valence-electron chi connectivity index (χ1n) is 7.65. The van der Waals surface area contributed by atoms with Crippen LogP contribution < -0.4 is 5.32 Å². The topological polar surface area (TPSA) is 95.7 Å². The van der Waals surface area contributed by atoms with Crippen LogP contribution in [0.2, 0.25) is 0 Å². The van der Waals surface area contributed by atoms with Crippen LogP contribution >= 0.6 is 11.8 Å². The van der Waals surface area contributed by atoms with E-state index in [1.54, 1.807) is 45.0 Å². The van der Waals surface area contributed by atoms with Crippen molar-refractivity contribution in [1.82, 2.24) is 9.97 Å². The Hall–Kier alpha value is -2.72. The molecule has 1 aromatic carbocycles. The molecule has 1 atom stereocenters. The molecule has 25 heavy (non-hydrogen) atoms. The number of nitrogens with one attached hydrogen (secondary N) is 1. The Labute approximate surface area is 150 Å². The van der Waals surface area contributed by atoms with Crippen molar-refractivity contribution in [1.29, 1.82) is 5.26 Å². The van der Waals surface area contributed by atoms with Crippen molar-refractivity contribution in [3.05, 3.63) is 46.9 Å². The molecule has 0 aliphatic carbocycles. The minimum atomic E-state index is -0.451. The van der Waals surface area contributed by atoms with Crippen molar-refractivity contribution in [2.45, 2.75) is 38.0 Å². The first-order chi connectivity index (χ1) is 11.8. The highest BCUT2D eigenvalue weighted by Crippen LogP contribution is 2.27. The summed E-state index contributed by atoms with van der Waals surface area (Å²) < 4.78 is 0. The standard InChI is InChI=1S/C18H18N4O2S/c1-10-16(9-19)18(21-13(4)20-10)25-12(3)17(24)22-15-7-5-14(6-8-15)11(2)23/h5-8,12H,1-4H3,(H,22,24). The number of hydrogen-bond acceptors (Lipinski definition) is 6. The van der Waals surface area contributed by atoms with Crippen LogP contribution in [-0.4, -0.2) is 26.9 Å². The van der Waals surface area contributed by atoms with Crippen LogP contribution in [0.25, 0.3) is 0 Å². The number of ketones is 1. The highest BCUT2D eigenvalue weighted by molar-refractivity contribution is 8.00. The fourth-order valence-electron chi connectivity index (χ4n) is 2.15. The number of anilines is 1. The van der Waals surface area contributed by atoms with Gasteiger partial charge in [-0.2, -0.15) is 5.26 Å². The summed E-state index contributed by atoms with van der Waals surface area (Å²) >= 11 is 1.22. The van der Waals surface area contributed by atoms with Gasteiger partial charge in [0.2, 0.25) is 5.91 Å². The number of aryl methyl sites for hydroxylation is 2. The van der Waals surface area contributed by atoms with Gasteiger partial charge in [0.1, 0.15) is 22.5 Å². The third-order valence-corrected chi connectivity index (χ3v) is 4.58. The van der Waals surface area contributed by atoms with E-state index in [0.717, 1.165) is 0 Å². The number of carbonyl (C=O) groups is 2. The molecule has 0 aliphatic heterocycles. The second kappa shape index (κ2) is 7.90. The molecule has 0 fully saturated rings. The molecule has 1 amide bonds. The molecule has 1 aromatic heterocycles. The number of thioether (sulfide) groups is 1. The monoisotopic (exact) mass is 354 g/mol. The van der Waals surface area contributed by atoms with Gasteiger partial charge in [-0.05, 0) is 52.0 Å². The van der Waals surface area contributed by atoms with Crippen LogP contribution in [0.15, 0.2) is 29.3 Å². The second-order valence-corrected chi connectivity index (χ2v) is 6.86. The van der Waals surface area contributed by atoms with Crippen molar-refractivity contribution < 1.29 is 9.59 Å². The van der Waals surface area contributed by atoms with E-state index in [4.69, 9.17) is 0 Å². The fourth-order valence-corrected chi connectivity index (χ4v) is 3.15. The van der Waals surface area contributed by atoms with E-state index in [2.05, 4.69) is 21.4 Å². The molecule has 0 spiro atoms. The number of hydrogen-bond donors (Lipinski definition) is 1. The molecule has 2 aromatic rings. The zero-order chi connectivity index (χ0) is 18.6. The molecule has 0 radical (unpaired) electrons. The van der Waals surface area contributed by atoms with E-state index in [-0.39, 0.29) is 11.7 Å². The number of Topliss-reactive ketones (excluding diaryl/α,β-unsaturated/α-hetero) is 1. The van der Waals surface area contributed by atoms with Crippen molar-refractivity contribution in [3.8, 4) is 6.07 Å². The van der Waals surface area contributed by atoms with Crippen LogP contribution in [0, 0.1) is 25.2 Å². The smallest absolute Gasteiger partial charge is 0.237 e. The Morgan fingerprint density at radius 2 is 1.84 bits per heavy atom. The Kier molecular flexibility index (Phi) is 5.88. The molecule has 0 saturated carbocycles.